The average Bonchev–Trinajstić information content (AvgIpc) is 2.67. The topological polar surface area (TPSA) is 52.5 Å². The van der Waals surface area contributed by atoms with Crippen LogP contribution in [-0.4, -0.2) is 22.8 Å². The Hall–Kier alpha value is -2.33. The minimum absolute atomic E-state index is 0.235. The lowest BCUT2D eigenvalue weighted by atomic mass is 10.0. The summed E-state index contributed by atoms with van der Waals surface area (Å²) in [6, 6.07) is 23.2. The predicted octanol–water partition coefficient (Wildman–Crippen LogP) is 4.97. The zero-order valence-electron chi connectivity index (χ0n) is 15.3. The van der Waals surface area contributed by atoms with Crippen LogP contribution < -0.4 is 5.32 Å². The van der Waals surface area contributed by atoms with E-state index in [-0.39, 0.29) is 11.8 Å². The molecule has 0 aromatic heterocycles. The number of nitrogens with one attached hydrogen (secondary N) is 1. The van der Waals surface area contributed by atoms with Crippen molar-refractivity contribution in [3.8, 4) is 16.9 Å². The Bertz CT molecular complexity index is 862. The maximum atomic E-state index is 10.3. The van der Waals surface area contributed by atoms with Gasteiger partial charge in [-0.05, 0) is 59.9 Å². The van der Waals surface area contributed by atoms with Crippen LogP contribution in [0.1, 0.15) is 24.2 Å². The van der Waals surface area contributed by atoms with Gasteiger partial charge < -0.3 is 15.5 Å². The number of hydrogen-bond acceptors (Lipinski definition) is 3. The van der Waals surface area contributed by atoms with Gasteiger partial charge in [-0.15, -0.1) is 0 Å². The second-order valence-electron chi connectivity index (χ2n) is 6.83. The SMILES string of the molecule is CC(Cc1ccc(-c2ccc(O)cc2)cc1)NCC(O)c1cccc(Cl)c1. The van der Waals surface area contributed by atoms with Crippen molar-refractivity contribution in [3.05, 3.63) is 88.9 Å². The Labute approximate surface area is 165 Å². The molecule has 0 heterocycles. The molecule has 0 aliphatic heterocycles. The number of phenolic OH excluding ortho intramolecular Hbond substituents is 1. The molecule has 2 atom stereocenters. The smallest absolute Gasteiger partial charge is 0.115 e. The molecule has 0 bridgehead atoms. The summed E-state index contributed by atoms with van der Waals surface area (Å²) in [4.78, 5) is 0. The molecule has 0 amide bonds. The van der Waals surface area contributed by atoms with Crippen LogP contribution in [0.4, 0.5) is 0 Å². The maximum absolute atomic E-state index is 10.3. The summed E-state index contributed by atoms with van der Waals surface area (Å²) in [7, 11) is 0. The number of rotatable bonds is 7. The Morgan fingerprint density at radius 1 is 0.926 bits per heavy atom. The van der Waals surface area contributed by atoms with Crippen LogP contribution in [-0.2, 0) is 6.42 Å². The van der Waals surface area contributed by atoms with Gasteiger partial charge in [0.2, 0.25) is 0 Å². The monoisotopic (exact) mass is 381 g/mol. The van der Waals surface area contributed by atoms with E-state index in [2.05, 4.69) is 36.5 Å². The number of aromatic hydroxyl groups is 1. The first-order chi connectivity index (χ1) is 13.0. The molecule has 0 aliphatic carbocycles. The molecule has 3 aromatic carbocycles. The van der Waals surface area contributed by atoms with Gasteiger partial charge in [-0.3, -0.25) is 0 Å². The Morgan fingerprint density at radius 2 is 1.56 bits per heavy atom. The lowest BCUT2D eigenvalue weighted by Crippen LogP contribution is -2.32. The molecule has 0 spiro atoms. The van der Waals surface area contributed by atoms with E-state index >= 15 is 0 Å². The zero-order chi connectivity index (χ0) is 19.2. The van der Waals surface area contributed by atoms with E-state index < -0.39 is 6.10 Å². The summed E-state index contributed by atoms with van der Waals surface area (Å²) in [5.41, 5.74) is 4.25. The van der Waals surface area contributed by atoms with Crippen molar-refractivity contribution in [2.75, 3.05) is 6.54 Å². The summed E-state index contributed by atoms with van der Waals surface area (Å²) < 4.78 is 0. The van der Waals surface area contributed by atoms with Gasteiger partial charge >= 0.3 is 0 Å². The van der Waals surface area contributed by atoms with Crippen molar-refractivity contribution in [2.24, 2.45) is 0 Å². The maximum Gasteiger partial charge on any atom is 0.115 e. The lowest BCUT2D eigenvalue weighted by Gasteiger charge is -2.18. The highest BCUT2D eigenvalue weighted by molar-refractivity contribution is 6.30. The fourth-order valence-electron chi connectivity index (χ4n) is 3.06. The van der Waals surface area contributed by atoms with Gasteiger partial charge in [-0.2, -0.15) is 0 Å². The van der Waals surface area contributed by atoms with Crippen molar-refractivity contribution in [1.82, 2.24) is 5.32 Å². The van der Waals surface area contributed by atoms with Gasteiger partial charge in [-0.25, -0.2) is 0 Å². The van der Waals surface area contributed by atoms with Crippen LogP contribution >= 0.6 is 11.6 Å². The molecule has 0 saturated carbocycles. The third kappa shape index (κ3) is 5.57. The molecule has 3 aromatic rings. The van der Waals surface area contributed by atoms with Crippen molar-refractivity contribution < 1.29 is 10.2 Å². The molecule has 4 heteroatoms. The van der Waals surface area contributed by atoms with Crippen LogP contribution in [0.3, 0.4) is 0 Å². The first-order valence-electron chi connectivity index (χ1n) is 9.06. The van der Waals surface area contributed by atoms with Gasteiger partial charge in [0, 0.05) is 17.6 Å². The van der Waals surface area contributed by atoms with Crippen LogP contribution in [0.5, 0.6) is 5.75 Å². The molecule has 0 fully saturated rings. The highest BCUT2D eigenvalue weighted by Crippen LogP contribution is 2.22. The van der Waals surface area contributed by atoms with Crippen LogP contribution in [0.25, 0.3) is 11.1 Å². The third-order valence-corrected chi connectivity index (χ3v) is 4.82. The first-order valence-corrected chi connectivity index (χ1v) is 9.44. The number of hydrogen-bond donors (Lipinski definition) is 3. The molecule has 140 valence electrons. The second kappa shape index (κ2) is 9.05. The fraction of sp³-hybridized carbons (Fsp3) is 0.217. The van der Waals surface area contributed by atoms with E-state index in [0.29, 0.717) is 11.6 Å². The van der Waals surface area contributed by atoms with Crippen LogP contribution in [0.15, 0.2) is 72.8 Å². The van der Waals surface area contributed by atoms with E-state index in [9.17, 15) is 10.2 Å². The molecule has 2 unspecified atom stereocenters. The van der Waals surface area contributed by atoms with Crippen LogP contribution in [0, 0.1) is 0 Å². The van der Waals surface area contributed by atoms with Gasteiger partial charge in [-0.1, -0.05) is 60.1 Å². The number of benzene rings is 3. The molecule has 3 rings (SSSR count). The molecule has 0 saturated heterocycles. The molecular formula is C23H24ClNO2. The molecular weight excluding hydrogens is 358 g/mol. The van der Waals surface area contributed by atoms with Gasteiger partial charge in [0.25, 0.3) is 0 Å². The summed E-state index contributed by atoms with van der Waals surface area (Å²) in [6.45, 7) is 2.59. The zero-order valence-corrected chi connectivity index (χ0v) is 16.0. The fourth-order valence-corrected chi connectivity index (χ4v) is 3.26. The van der Waals surface area contributed by atoms with Gasteiger partial charge in [0.15, 0.2) is 0 Å². The summed E-state index contributed by atoms with van der Waals surface area (Å²) in [5, 5.41) is 23.7. The Balaban J connectivity index is 1.53. The number of aliphatic hydroxyl groups excluding tert-OH is 1. The van der Waals surface area contributed by atoms with Crippen LogP contribution in [0.2, 0.25) is 5.02 Å². The standard InChI is InChI=1S/C23H24ClNO2/c1-16(25-15-23(27)20-3-2-4-21(24)14-20)13-17-5-7-18(8-6-17)19-9-11-22(26)12-10-19/h2-12,14,16,23,25-27H,13,15H2,1H3. The van der Waals surface area contributed by atoms with Gasteiger partial charge in [0.1, 0.15) is 5.75 Å². The minimum Gasteiger partial charge on any atom is -0.508 e. The third-order valence-electron chi connectivity index (χ3n) is 4.59. The predicted molar refractivity (Wildman–Crippen MR) is 111 cm³/mol. The van der Waals surface area contributed by atoms with Crippen molar-refractivity contribution >= 4 is 11.6 Å². The molecule has 0 aliphatic rings. The highest BCUT2D eigenvalue weighted by atomic mass is 35.5. The minimum atomic E-state index is -0.581. The molecule has 27 heavy (non-hydrogen) atoms. The summed E-state index contributed by atoms with van der Waals surface area (Å²) in [6.07, 6.45) is 0.293. The average molecular weight is 382 g/mol. The molecule has 3 nitrogen and oxygen atoms in total. The molecule has 0 radical (unpaired) electrons. The van der Waals surface area contributed by atoms with Crippen molar-refractivity contribution in [2.45, 2.75) is 25.5 Å². The second-order valence-corrected chi connectivity index (χ2v) is 7.26. The largest absolute Gasteiger partial charge is 0.508 e. The summed E-state index contributed by atoms with van der Waals surface area (Å²) >= 11 is 5.98. The van der Waals surface area contributed by atoms with E-state index in [1.54, 1.807) is 24.3 Å². The van der Waals surface area contributed by atoms with Crippen molar-refractivity contribution in [1.29, 1.82) is 0 Å². The number of halogens is 1. The Kier molecular flexibility index (Phi) is 6.51. The van der Waals surface area contributed by atoms with E-state index in [4.69, 9.17) is 11.6 Å². The first kappa shape index (κ1) is 19.4. The van der Waals surface area contributed by atoms with E-state index in [1.165, 1.54) is 5.56 Å². The van der Waals surface area contributed by atoms with E-state index in [0.717, 1.165) is 23.1 Å². The highest BCUT2D eigenvalue weighted by Gasteiger charge is 2.10. The van der Waals surface area contributed by atoms with Gasteiger partial charge in [0.05, 0.1) is 6.10 Å². The van der Waals surface area contributed by atoms with E-state index in [1.807, 2.05) is 24.3 Å². The number of phenols is 1. The number of aliphatic hydroxyl groups is 1. The Morgan fingerprint density at radius 3 is 2.19 bits per heavy atom. The quantitative estimate of drug-likeness (QED) is 0.541. The normalized spacial score (nSPS) is 13.3. The summed E-state index contributed by atoms with van der Waals surface area (Å²) in [5.74, 6) is 0.273. The van der Waals surface area contributed by atoms with Crippen molar-refractivity contribution in [3.63, 3.8) is 0 Å². The molecule has 3 N–H and O–H groups in total. The lowest BCUT2D eigenvalue weighted by molar-refractivity contribution is 0.170.